The first-order chi connectivity index (χ1) is 9.97. The van der Waals surface area contributed by atoms with Crippen LogP contribution in [0.2, 0.25) is 0 Å². The van der Waals surface area contributed by atoms with Gasteiger partial charge in [-0.3, -0.25) is 4.79 Å². The third-order valence-corrected chi connectivity index (χ3v) is 4.69. The molecule has 0 spiro atoms. The Hall–Kier alpha value is -1.20. The molecule has 4 nitrogen and oxygen atoms in total. The molecule has 21 heavy (non-hydrogen) atoms. The van der Waals surface area contributed by atoms with Gasteiger partial charge in [-0.25, -0.2) is 0 Å². The fourth-order valence-electron chi connectivity index (χ4n) is 2.07. The normalized spacial score (nSPS) is 13.6. The lowest BCUT2D eigenvalue weighted by Crippen LogP contribution is -2.41. The van der Waals surface area contributed by atoms with Gasteiger partial charge in [-0.05, 0) is 37.3 Å². The van der Waals surface area contributed by atoms with E-state index in [1.807, 2.05) is 27.3 Å². The van der Waals surface area contributed by atoms with Crippen molar-refractivity contribution >= 4 is 23.4 Å². The summed E-state index contributed by atoms with van der Waals surface area (Å²) in [4.78, 5) is 14.0. The molecule has 0 bridgehead atoms. The summed E-state index contributed by atoms with van der Waals surface area (Å²) in [5.74, 6) is 0.0340. The van der Waals surface area contributed by atoms with Gasteiger partial charge in [0.05, 0.1) is 6.61 Å². The highest BCUT2D eigenvalue weighted by atomic mass is 32.2. The van der Waals surface area contributed by atoms with E-state index in [2.05, 4.69) is 34.5 Å². The minimum Gasteiger partial charge on any atom is -0.395 e. The van der Waals surface area contributed by atoms with Gasteiger partial charge in [-0.1, -0.05) is 12.1 Å². The number of benzene rings is 1. The minimum atomic E-state index is -0.0198. The van der Waals surface area contributed by atoms with Gasteiger partial charge in [0.2, 0.25) is 5.91 Å². The van der Waals surface area contributed by atoms with Crippen molar-refractivity contribution in [1.82, 2.24) is 5.32 Å². The zero-order valence-corrected chi connectivity index (χ0v) is 14.1. The van der Waals surface area contributed by atoms with Crippen LogP contribution < -0.4 is 10.2 Å². The Morgan fingerprint density at radius 1 is 1.33 bits per heavy atom. The summed E-state index contributed by atoms with van der Waals surface area (Å²) in [7, 11) is 4.01. The summed E-state index contributed by atoms with van der Waals surface area (Å²) in [6, 6.07) is 8.22. The monoisotopic (exact) mass is 310 g/mol. The third-order valence-electron chi connectivity index (χ3n) is 3.52. The summed E-state index contributed by atoms with van der Waals surface area (Å²) in [5, 5.41) is 12.2. The van der Waals surface area contributed by atoms with Gasteiger partial charge < -0.3 is 15.3 Å². The van der Waals surface area contributed by atoms with Crippen LogP contribution in [0.15, 0.2) is 24.3 Å². The number of thioether (sulfide) groups is 1. The molecular weight excluding hydrogens is 284 g/mol. The summed E-state index contributed by atoms with van der Waals surface area (Å²) in [5.41, 5.74) is 2.31. The predicted octanol–water partition coefficient (Wildman–Crippen LogP) is 1.91. The first kappa shape index (κ1) is 17.9. The van der Waals surface area contributed by atoms with Crippen LogP contribution >= 0.6 is 11.8 Å². The molecule has 2 N–H and O–H groups in total. The molecule has 0 heterocycles. The van der Waals surface area contributed by atoms with Crippen LogP contribution in [0.25, 0.3) is 0 Å². The number of nitrogens with one attached hydrogen (secondary N) is 1. The van der Waals surface area contributed by atoms with E-state index in [9.17, 15) is 9.90 Å². The van der Waals surface area contributed by atoms with E-state index in [0.29, 0.717) is 6.42 Å². The molecule has 0 aliphatic heterocycles. The molecule has 118 valence electrons. The Balaban J connectivity index is 2.42. The number of nitrogens with zero attached hydrogens (tertiary/aromatic N) is 1. The Morgan fingerprint density at radius 2 is 1.95 bits per heavy atom. The number of aliphatic hydroxyl groups is 1. The Bertz CT molecular complexity index is 430. The Kier molecular flexibility index (Phi) is 7.61. The molecule has 0 fully saturated rings. The Labute approximate surface area is 131 Å². The van der Waals surface area contributed by atoms with E-state index >= 15 is 0 Å². The lowest BCUT2D eigenvalue weighted by atomic mass is 10.1. The molecule has 1 aromatic rings. The van der Waals surface area contributed by atoms with Crippen molar-refractivity contribution in [2.75, 3.05) is 31.9 Å². The van der Waals surface area contributed by atoms with Gasteiger partial charge in [0.25, 0.3) is 0 Å². The highest BCUT2D eigenvalue weighted by molar-refractivity contribution is 7.99. The van der Waals surface area contributed by atoms with Crippen LogP contribution in [0.1, 0.15) is 18.9 Å². The zero-order chi connectivity index (χ0) is 15.8. The van der Waals surface area contributed by atoms with E-state index in [0.717, 1.165) is 17.7 Å². The van der Waals surface area contributed by atoms with Crippen LogP contribution in [0.3, 0.4) is 0 Å². The van der Waals surface area contributed by atoms with E-state index < -0.39 is 0 Å². The minimum absolute atomic E-state index is 0.0198. The van der Waals surface area contributed by atoms with Crippen LogP contribution in [0.4, 0.5) is 5.69 Å². The molecule has 0 aromatic heterocycles. The molecule has 0 saturated carbocycles. The van der Waals surface area contributed by atoms with Crippen LogP contribution in [0.5, 0.6) is 0 Å². The topological polar surface area (TPSA) is 52.6 Å². The zero-order valence-electron chi connectivity index (χ0n) is 13.3. The van der Waals surface area contributed by atoms with Gasteiger partial charge >= 0.3 is 0 Å². The molecule has 1 amide bonds. The molecule has 5 heteroatoms. The van der Waals surface area contributed by atoms with Crippen molar-refractivity contribution in [3.05, 3.63) is 29.8 Å². The van der Waals surface area contributed by atoms with Gasteiger partial charge in [-0.2, -0.15) is 11.8 Å². The standard InChI is InChI=1S/C16H26N2O2S/c1-12(15(11-19)21-4)17-16(20)10-7-13-5-8-14(9-6-13)18(2)3/h5-6,8-9,12,15,19H,7,10-11H2,1-4H3,(H,17,20). The summed E-state index contributed by atoms with van der Waals surface area (Å²) in [6.07, 6.45) is 3.14. The molecular formula is C16H26N2O2S. The number of carbonyl (C=O) groups excluding carboxylic acids is 1. The van der Waals surface area contributed by atoms with E-state index in [4.69, 9.17) is 0 Å². The molecule has 0 aliphatic carbocycles. The maximum Gasteiger partial charge on any atom is 0.220 e. The van der Waals surface area contributed by atoms with Gasteiger partial charge in [0.15, 0.2) is 0 Å². The van der Waals surface area contributed by atoms with Crippen molar-refractivity contribution < 1.29 is 9.90 Å². The number of rotatable bonds is 8. The second-order valence-corrected chi connectivity index (χ2v) is 6.45. The van der Waals surface area contributed by atoms with Crippen LogP contribution in [0, 0.1) is 0 Å². The van der Waals surface area contributed by atoms with Gasteiger partial charge in [-0.15, -0.1) is 0 Å². The molecule has 1 rings (SSSR count). The number of aliphatic hydroxyl groups excluding tert-OH is 1. The van der Waals surface area contributed by atoms with E-state index in [1.165, 1.54) is 0 Å². The lowest BCUT2D eigenvalue weighted by molar-refractivity contribution is -0.121. The third kappa shape index (κ3) is 5.98. The van der Waals surface area contributed by atoms with Crippen LogP contribution in [-0.2, 0) is 11.2 Å². The fourth-order valence-corrected chi connectivity index (χ4v) is 2.70. The molecule has 0 saturated heterocycles. The average molecular weight is 310 g/mol. The van der Waals surface area contributed by atoms with E-state index in [1.54, 1.807) is 11.8 Å². The number of anilines is 1. The predicted molar refractivity (Wildman–Crippen MR) is 91.1 cm³/mol. The van der Waals surface area contributed by atoms with Gasteiger partial charge in [0, 0.05) is 37.5 Å². The summed E-state index contributed by atoms with van der Waals surface area (Å²) < 4.78 is 0. The smallest absolute Gasteiger partial charge is 0.220 e. The SMILES string of the molecule is CSC(CO)C(C)NC(=O)CCc1ccc(N(C)C)cc1. The number of carbonyl (C=O) groups is 1. The molecule has 0 radical (unpaired) electrons. The lowest BCUT2D eigenvalue weighted by Gasteiger charge is -2.21. The highest BCUT2D eigenvalue weighted by Crippen LogP contribution is 2.14. The fraction of sp³-hybridized carbons (Fsp3) is 0.562. The first-order valence-electron chi connectivity index (χ1n) is 7.17. The molecule has 0 aliphatic rings. The number of aryl methyl sites for hydroxylation is 1. The summed E-state index contributed by atoms with van der Waals surface area (Å²) in [6.45, 7) is 2.01. The molecule has 2 atom stereocenters. The largest absolute Gasteiger partial charge is 0.395 e. The summed E-state index contributed by atoms with van der Waals surface area (Å²) >= 11 is 1.57. The second-order valence-electron chi connectivity index (χ2n) is 5.37. The highest BCUT2D eigenvalue weighted by Gasteiger charge is 2.17. The van der Waals surface area contributed by atoms with E-state index in [-0.39, 0.29) is 23.8 Å². The van der Waals surface area contributed by atoms with Crippen molar-refractivity contribution in [2.45, 2.75) is 31.1 Å². The molecule has 1 aromatic carbocycles. The van der Waals surface area contributed by atoms with Crippen molar-refractivity contribution in [3.8, 4) is 0 Å². The average Bonchev–Trinajstić information content (AvgIpc) is 2.46. The van der Waals surface area contributed by atoms with Crippen molar-refractivity contribution in [2.24, 2.45) is 0 Å². The number of amides is 1. The van der Waals surface area contributed by atoms with Crippen molar-refractivity contribution in [1.29, 1.82) is 0 Å². The maximum absolute atomic E-state index is 11.9. The number of hydrogen-bond acceptors (Lipinski definition) is 4. The van der Waals surface area contributed by atoms with Crippen molar-refractivity contribution in [3.63, 3.8) is 0 Å². The molecule has 2 unspecified atom stereocenters. The van der Waals surface area contributed by atoms with Crippen LogP contribution in [-0.4, -0.2) is 49.3 Å². The first-order valence-corrected chi connectivity index (χ1v) is 8.46. The maximum atomic E-state index is 11.9. The number of hydrogen-bond donors (Lipinski definition) is 2. The quantitative estimate of drug-likeness (QED) is 0.770. The van der Waals surface area contributed by atoms with Gasteiger partial charge in [0.1, 0.15) is 0 Å². The Morgan fingerprint density at radius 3 is 2.43 bits per heavy atom. The second kappa shape index (κ2) is 8.95.